The Balaban J connectivity index is 1.73. The highest BCUT2D eigenvalue weighted by Crippen LogP contribution is 2.23. The molecule has 0 spiro atoms. The van der Waals surface area contributed by atoms with Gasteiger partial charge in [-0.25, -0.2) is 15.0 Å². The first kappa shape index (κ1) is 19.1. The summed E-state index contributed by atoms with van der Waals surface area (Å²) < 4.78 is 39.1. The molecule has 27 heavy (non-hydrogen) atoms. The van der Waals surface area contributed by atoms with Crippen LogP contribution in [0.1, 0.15) is 23.6 Å². The summed E-state index contributed by atoms with van der Waals surface area (Å²) in [4.78, 5) is 28.1. The maximum Gasteiger partial charge on any atom is 0.397 e. The average molecular weight is 382 g/mol. The fourth-order valence-corrected chi connectivity index (χ4v) is 3.02. The van der Waals surface area contributed by atoms with Crippen LogP contribution in [0.5, 0.6) is 0 Å². The van der Waals surface area contributed by atoms with Gasteiger partial charge < -0.3 is 9.80 Å². The first-order chi connectivity index (χ1) is 12.6. The average Bonchev–Trinajstić information content (AvgIpc) is 2.92. The predicted molar refractivity (Wildman–Crippen MR) is 92.8 cm³/mol. The van der Waals surface area contributed by atoms with Crippen LogP contribution >= 0.6 is 0 Å². The largest absolute Gasteiger partial charge is 0.397 e. The molecule has 0 saturated carbocycles. The zero-order valence-electron chi connectivity index (χ0n) is 15.4. The molecule has 10 heteroatoms. The summed E-state index contributed by atoms with van der Waals surface area (Å²) in [7, 11) is 0. The van der Waals surface area contributed by atoms with Crippen molar-refractivity contribution in [3.63, 3.8) is 0 Å². The molecule has 3 rings (SSSR count). The lowest BCUT2D eigenvalue weighted by atomic mass is 10.2. The number of halogens is 3. The van der Waals surface area contributed by atoms with Crippen molar-refractivity contribution in [3.8, 4) is 5.82 Å². The summed E-state index contributed by atoms with van der Waals surface area (Å²) >= 11 is 0. The van der Waals surface area contributed by atoms with E-state index >= 15 is 0 Å². The molecule has 0 radical (unpaired) electrons. The number of anilines is 1. The zero-order valence-corrected chi connectivity index (χ0v) is 15.4. The smallest absolute Gasteiger partial charge is 0.353 e. The van der Waals surface area contributed by atoms with E-state index in [1.54, 1.807) is 13.3 Å². The third-order valence-electron chi connectivity index (χ3n) is 4.62. The molecule has 1 aliphatic heterocycles. The monoisotopic (exact) mass is 382 g/mol. The normalized spacial score (nSPS) is 15.3. The topological polar surface area (TPSA) is 67.2 Å². The number of alkyl halides is 3. The molecule has 2 aromatic heterocycles. The molecule has 7 nitrogen and oxygen atoms in total. The van der Waals surface area contributed by atoms with Gasteiger partial charge in [-0.1, -0.05) is 0 Å². The summed E-state index contributed by atoms with van der Waals surface area (Å²) in [6, 6.07) is 1.83. The van der Waals surface area contributed by atoms with Gasteiger partial charge in [0.05, 0.1) is 5.69 Å². The van der Waals surface area contributed by atoms with E-state index in [4.69, 9.17) is 0 Å². The quantitative estimate of drug-likeness (QED) is 0.814. The van der Waals surface area contributed by atoms with Crippen molar-refractivity contribution in [2.45, 2.75) is 33.4 Å². The van der Waals surface area contributed by atoms with Crippen LogP contribution in [-0.4, -0.2) is 62.7 Å². The lowest BCUT2D eigenvalue weighted by Gasteiger charge is -2.35. The molecule has 0 atom stereocenters. The number of hydrogen-bond acceptors (Lipinski definition) is 5. The minimum absolute atomic E-state index is 0.233. The van der Waals surface area contributed by atoms with Gasteiger partial charge in [-0.05, 0) is 20.8 Å². The number of carbonyl (C=O) groups is 1. The van der Waals surface area contributed by atoms with Crippen LogP contribution in [0.25, 0.3) is 5.82 Å². The Morgan fingerprint density at radius 3 is 2.26 bits per heavy atom. The van der Waals surface area contributed by atoms with Gasteiger partial charge in [0.15, 0.2) is 0 Å². The van der Waals surface area contributed by atoms with Crippen LogP contribution in [0.2, 0.25) is 0 Å². The number of aromatic nitrogens is 4. The molecule has 1 saturated heterocycles. The van der Waals surface area contributed by atoms with Crippen molar-refractivity contribution in [2.24, 2.45) is 0 Å². The minimum Gasteiger partial charge on any atom is -0.353 e. The van der Waals surface area contributed by atoms with E-state index in [9.17, 15) is 18.0 Å². The van der Waals surface area contributed by atoms with Crippen LogP contribution < -0.4 is 4.90 Å². The van der Waals surface area contributed by atoms with E-state index in [-0.39, 0.29) is 13.1 Å². The molecule has 1 aliphatic rings. The molecule has 3 heterocycles. The second-order valence-corrected chi connectivity index (χ2v) is 6.58. The van der Waals surface area contributed by atoms with Crippen molar-refractivity contribution in [1.29, 1.82) is 0 Å². The Labute approximate surface area is 154 Å². The van der Waals surface area contributed by atoms with Gasteiger partial charge in [-0.2, -0.15) is 13.2 Å². The highest BCUT2D eigenvalue weighted by Gasteiger charge is 2.34. The van der Waals surface area contributed by atoms with E-state index < -0.39 is 18.5 Å². The summed E-state index contributed by atoms with van der Waals surface area (Å²) in [5.74, 6) is 1.08. The van der Waals surface area contributed by atoms with E-state index in [0.717, 1.165) is 11.4 Å². The molecule has 0 unspecified atom stereocenters. The van der Waals surface area contributed by atoms with Crippen molar-refractivity contribution < 1.29 is 18.0 Å². The first-order valence-electron chi connectivity index (χ1n) is 8.60. The minimum atomic E-state index is -4.48. The molecule has 1 fully saturated rings. The van der Waals surface area contributed by atoms with E-state index in [1.165, 1.54) is 4.90 Å². The van der Waals surface area contributed by atoms with Crippen molar-refractivity contribution in [1.82, 2.24) is 24.4 Å². The van der Waals surface area contributed by atoms with Crippen molar-refractivity contribution in [3.05, 3.63) is 29.6 Å². The Hall–Kier alpha value is -2.65. The highest BCUT2D eigenvalue weighted by molar-refractivity contribution is 5.77. The number of imidazole rings is 1. The number of rotatable bonds is 3. The van der Waals surface area contributed by atoms with E-state index in [1.807, 2.05) is 29.4 Å². The molecule has 0 aliphatic carbocycles. The maximum atomic E-state index is 12.4. The van der Waals surface area contributed by atoms with E-state index in [2.05, 4.69) is 15.0 Å². The number of aryl methyl sites for hydroxylation is 2. The standard InChI is InChI=1S/C17H21F3N6O/c1-11-12(2)26(10-21-11)15-8-14(22-13(3)23-15)24-4-6-25(7-5-24)16(27)9-17(18,19)20/h8,10H,4-7,9H2,1-3H3. The molecule has 0 aromatic carbocycles. The molecule has 146 valence electrons. The third-order valence-corrected chi connectivity index (χ3v) is 4.62. The number of nitrogens with zero attached hydrogens (tertiary/aromatic N) is 6. The zero-order chi connectivity index (χ0) is 19.8. The summed E-state index contributed by atoms with van der Waals surface area (Å²) in [5.41, 5.74) is 1.88. The first-order valence-corrected chi connectivity index (χ1v) is 8.60. The second-order valence-electron chi connectivity index (χ2n) is 6.58. The van der Waals surface area contributed by atoms with Crippen LogP contribution in [0, 0.1) is 20.8 Å². The SMILES string of the molecule is Cc1nc(N2CCN(C(=O)CC(F)(F)F)CC2)cc(-n2cnc(C)c2C)n1. The predicted octanol–water partition coefficient (Wildman–Crippen LogP) is 2.19. The van der Waals surface area contributed by atoms with Crippen LogP contribution in [0.4, 0.5) is 19.0 Å². The summed E-state index contributed by atoms with van der Waals surface area (Å²) in [6.07, 6.45) is -4.19. The van der Waals surface area contributed by atoms with Crippen LogP contribution in [0.15, 0.2) is 12.4 Å². The fourth-order valence-electron chi connectivity index (χ4n) is 3.02. The van der Waals surface area contributed by atoms with Gasteiger partial charge in [0.1, 0.15) is 30.2 Å². The summed E-state index contributed by atoms with van der Waals surface area (Å²) in [6.45, 7) is 6.95. The molecule has 2 aromatic rings. The van der Waals surface area contributed by atoms with Crippen molar-refractivity contribution in [2.75, 3.05) is 31.1 Å². The third kappa shape index (κ3) is 4.37. The summed E-state index contributed by atoms with van der Waals surface area (Å²) in [5, 5.41) is 0. The highest BCUT2D eigenvalue weighted by atomic mass is 19.4. The van der Waals surface area contributed by atoms with Crippen LogP contribution in [0.3, 0.4) is 0 Å². The molecular formula is C17H21F3N6O. The van der Waals surface area contributed by atoms with Gasteiger partial charge in [-0.15, -0.1) is 0 Å². The van der Waals surface area contributed by atoms with Gasteiger partial charge >= 0.3 is 6.18 Å². The number of carbonyl (C=O) groups excluding carboxylic acids is 1. The molecule has 0 N–H and O–H groups in total. The van der Waals surface area contributed by atoms with Gasteiger partial charge in [0, 0.05) is 37.9 Å². The number of piperazine rings is 1. The Morgan fingerprint density at radius 2 is 1.70 bits per heavy atom. The molecular weight excluding hydrogens is 361 g/mol. The van der Waals surface area contributed by atoms with Gasteiger partial charge in [0.2, 0.25) is 5.91 Å². The van der Waals surface area contributed by atoms with Crippen molar-refractivity contribution >= 4 is 11.7 Å². The Morgan fingerprint density at radius 1 is 1.07 bits per heavy atom. The van der Waals surface area contributed by atoms with E-state index in [0.29, 0.717) is 30.5 Å². The lowest BCUT2D eigenvalue weighted by Crippen LogP contribution is -2.49. The lowest BCUT2D eigenvalue weighted by molar-refractivity contribution is -0.161. The second kappa shape index (κ2) is 7.16. The number of hydrogen-bond donors (Lipinski definition) is 0. The molecule has 1 amide bonds. The van der Waals surface area contributed by atoms with Crippen LogP contribution in [-0.2, 0) is 4.79 Å². The molecule has 0 bridgehead atoms. The number of amides is 1. The maximum absolute atomic E-state index is 12.4. The Kier molecular flexibility index (Phi) is 5.07. The fraction of sp³-hybridized carbons (Fsp3) is 0.529. The Bertz CT molecular complexity index is 840. The van der Waals surface area contributed by atoms with Gasteiger partial charge in [0.25, 0.3) is 0 Å². The van der Waals surface area contributed by atoms with Gasteiger partial charge in [-0.3, -0.25) is 9.36 Å².